The second-order valence-corrected chi connectivity index (χ2v) is 4.03. The van der Waals surface area contributed by atoms with Crippen LogP contribution in [0.15, 0.2) is 18.2 Å². The zero-order chi connectivity index (χ0) is 10.8. The van der Waals surface area contributed by atoms with Gasteiger partial charge in [-0.1, -0.05) is 36.2 Å². The maximum Gasteiger partial charge on any atom is 0.102 e. The molecule has 0 aromatic heterocycles. The topological polar surface area (TPSA) is 46.2 Å². The van der Waals surface area contributed by atoms with Crippen molar-refractivity contribution >= 4 is 23.2 Å². The SMILES string of the molecule is CCC(O)(CN)c1ccc(Cl)c(Cl)c1. The third-order valence-corrected chi connectivity index (χ3v) is 3.12. The molecule has 0 heterocycles. The molecule has 1 aromatic carbocycles. The highest BCUT2D eigenvalue weighted by Crippen LogP contribution is 2.29. The van der Waals surface area contributed by atoms with Gasteiger partial charge in [0.15, 0.2) is 0 Å². The maximum absolute atomic E-state index is 10.1. The first-order valence-electron chi connectivity index (χ1n) is 4.41. The van der Waals surface area contributed by atoms with Crippen molar-refractivity contribution in [2.45, 2.75) is 18.9 Å². The van der Waals surface area contributed by atoms with E-state index >= 15 is 0 Å². The van der Waals surface area contributed by atoms with Gasteiger partial charge in [0.05, 0.1) is 10.0 Å². The number of benzene rings is 1. The molecule has 0 aliphatic rings. The Hall–Kier alpha value is -0.280. The van der Waals surface area contributed by atoms with Gasteiger partial charge in [-0.2, -0.15) is 0 Å². The molecule has 0 aliphatic heterocycles. The first-order chi connectivity index (χ1) is 6.53. The first kappa shape index (κ1) is 11.8. The quantitative estimate of drug-likeness (QED) is 0.844. The van der Waals surface area contributed by atoms with Crippen LogP contribution in [0, 0.1) is 0 Å². The minimum Gasteiger partial charge on any atom is -0.384 e. The summed E-state index contributed by atoms with van der Waals surface area (Å²) in [4.78, 5) is 0. The van der Waals surface area contributed by atoms with Crippen molar-refractivity contribution in [1.29, 1.82) is 0 Å². The number of aliphatic hydroxyl groups is 1. The lowest BCUT2D eigenvalue weighted by Gasteiger charge is -2.25. The molecule has 78 valence electrons. The summed E-state index contributed by atoms with van der Waals surface area (Å²) in [6.45, 7) is 2.04. The second kappa shape index (κ2) is 4.49. The normalized spacial score (nSPS) is 15.2. The maximum atomic E-state index is 10.1. The van der Waals surface area contributed by atoms with Gasteiger partial charge in [-0.05, 0) is 24.1 Å². The van der Waals surface area contributed by atoms with Crippen LogP contribution in [0.1, 0.15) is 18.9 Å². The van der Waals surface area contributed by atoms with Crippen molar-refractivity contribution < 1.29 is 5.11 Å². The lowest BCUT2D eigenvalue weighted by molar-refractivity contribution is 0.0419. The molecule has 0 spiro atoms. The molecule has 0 fully saturated rings. The zero-order valence-corrected chi connectivity index (χ0v) is 9.44. The Bertz CT molecular complexity index is 324. The summed E-state index contributed by atoms with van der Waals surface area (Å²) in [6.07, 6.45) is 0.543. The molecule has 0 amide bonds. The Kier molecular flexibility index (Phi) is 3.78. The van der Waals surface area contributed by atoms with Gasteiger partial charge in [0, 0.05) is 6.54 Å². The van der Waals surface area contributed by atoms with Gasteiger partial charge in [-0.25, -0.2) is 0 Å². The van der Waals surface area contributed by atoms with E-state index < -0.39 is 5.60 Å². The highest BCUT2D eigenvalue weighted by Gasteiger charge is 2.25. The van der Waals surface area contributed by atoms with Gasteiger partial charge < -0.3 is 10.8 Å². The van der Waals surface area contributed by atoms with Crippen LogP contribution in [0.25, 0.3) is 0 Å². The predicted molar refractivity (Wildman–Crippen MR) is 59.7 cm³/mol. The molecule has 0 radical (unpaired) electrons. The van der Waals surface area contributed by atoms with E-state index in [1.54, 1.807) is 18.2 Å². The Morgan fingerprint density at radius 3 is 2.43 bits per heavy atom. The van der Waals surface area contributed by atoms with Crippen molar-refractivity contribution in [1.82, 2.24) is 0 Å². The second-order valence-electron chi connectivity index (χ2n) is 3.22. The lowest BCUT2D eigenvalue weighted by Crippen LogP contribution is -2.34. The Labute approximate surface area is 93.6 Å². The lowest BCUT2D eigenvalue weighted by atomic mass is 9.91. The van der Waals surface area contributed by atoms with E-state index in [0.717, 1.165) is 0 Å². The molecule has 0 saturated carbocycles. The largest absolute Gasteiger partial charge is 0.384 e. The molecule has 0 bridgehead atoms. The van der Waals surface area contributed by atoms with Crippen LogP contribution < -0.4 is 5.73 Å². The minimum absolute atomic E-state index is 0.168. The molecule has 14 heavy (non-hydrogen) atoms. The molecule has 4 heteroatoms. The predicted octanol–water partition coefficient (Wildman–Crippen LogP) is 2.55. The number of nitrogens with two attached hydrogens (primary N) is 1. The molecule has 1 rings (SSSR count). The van der Waals surface area contributed by atoms with Crippen LogP contribution >= 0.6 is 23.2 Å². The molecule has 3 N–H and O–H groups in total. The molecule has 0 aliphatic carbocycles. The third kappa shape index (κ3) is 2.20. The Morgan fingerprint density at radius 2 is 2.00 bits per heavy atom. The first-order valence-corrected chi connectivity index (χ1v) is 5.17. The zero-order valence-electron chi connectivity index (χ0n) is 7.93. The summed E-state index contributed by atoms with van der Waals surface area (Å²) in [5.41, 5.74) is 5.21. The molecular weight excluding hydrogens is 221 g/mol. The smallest absolute Gasteiger partial charge is 0.102 e. The molecule has 1 unspecified atom stereocenters. The van der Waals surface area contributed by atoms with Crippen molar-refractivity contribution in [2.75, 3.05) is 6.54 Å². The fraction of sp³-hybridized carbons (Fsp3) is 0.400. The van der Waals surface area contributed by atoms with E-state index in [9.17, 15) is 5.11 Å². The van der Waals surface area contributed by atoms with E-state index in [0.29, 0.717) is 22.0 Å². The van der Waals surface area contributed by atoms with Crippen molar-refractivity contribution in [3.05, 3.63) is 33.8 Å². The van der Waals surface area contributed by atoms with E-state index in [1.165, 1.54) is 0 Å². The standard InChI is InChI=1S/C10H13Cl2NO/c1-2-10(14,6-13)7-3-4-8(11)9(12)5-7/h3-5,14H,2,6,13H2,1H3. The summed E-state index contributed by atoms with van der Waals surface area (Å²) in [5.74, 6) is 0. The number of halogens is 2. The van der Waals surface area contributed by atoms with Crippen LogP contribution in [0.2, 0.25) is 10.0 Å². The fourth-order valence-corrected chi connectivity index (χ4v) is 1.55. The number of hydrogen-bond donors (Lipinski definition) is 2. The van der Waals surface area contributed by atoms with Gasteiger partial charge in [0.1, 0.15) is 5.60 Å². The van der Waals surface area contributed by atoms with Gasteiger partial charge in [0.25, 0.3) is 0 Å². The van der Waals surface area contributed by atoms with E-state index in [4.69, 9.17) is 28.9 Å². The van der Waals surface area contributed by atoms with Crippen LogP contribution in [-0.4, -0.2) is 11.7 Å². The van der Waals surface area contributed by atoms with Crippen molar-refractivity contribution in [2.24, 2.45) is 5.73 Å². The average Bonchev–Trinajstić information content (AvgIpc) is 2.21. The van der Waals surface area contributed by atoms with E-state index in [1.807, 2.05) is 6.92 Å². The number of hydrogen-bond acceptors (Lipinski definition) is 2. The van der Waals surface area contributed by atoms with Gasteiger partial charge >= 0.3 is 0 Å². The van der Waals surface area contributed by atoms with Crippen molar-refractivity contribution in [3.8, 4) is 0 Å². The molecular formula is C10H13Cl2NO. The van der Waals surface area contributed by atoms with Crippen LogP contribution in [-0.2, 0) is 5.60 Å². The minimum atomic E-state index is -1.01. The molecule has 2 nitrogen and oxygen atoms in total. The fourth-order valence-electron chi connectivity index (χ4n) is 1.25. The van der Waals surface area contributed by atoms with E-state index in [2.05, 4.69) is 0 Å². The van der Waals surface area contributed by atoms with Crippen LogP contribution in [0.4, 0.5) is 0 Å². The Balaban J connectivity index is 3.12. The summed E-state index contributed by atoms with van der Waals surface area (Å²) < 4.78 is 0. The third-order valence-electron chi connectivity index (χ3n) is 2.38. The van der Waals surface area contributed by atoms with Crippen LogP contribution in [0.5, 0.6) is 0 Å². The monoisotopic (exact) mass is 233 g/mol. The van der Waals surface area contributed by atoms with Crippen LogP contribution in [0.3, 0.4) is 0 Å². The van der Waals surface area contributed by atoms with Gasteiger partial charge in [0.2, 0.25) is 0 Å². The van der Waals surface area contributed by atoms with Crippen molar-refractivity contribution in [3.63, 3.8) is 0 Å². The molecule has 0 saturated heterocycles. The highest BCUT2D eigenvalue weighted by molar-refractivity contribution is 6.42. The summed E-state index contributed by atoms with van der Waals surface area (Å²) in [7, 11) is 0. The molecule has 1 aromatic rings. The summed E-state index contributed by atoms with van der Waals surface area (Å²) in [5, 5.41) is 11.0. The Morgan fingerprint density at radius 1 is 1.36 bits per heavy atom. The molecule has 1 atom stereocenters. The van der Waals surface area contributed by atoms with Gasteiger partial charge in [-0.15, -0.1) is 0 Å². The average molecular weight is 234 g/mol. The van der Waals surface area contributed by atoms with Gasteiger partial charge in [-0.3, -0.25) is 0 Å². The number of rotatable bonds is 3. The summed E-state index contributed by atoms with van der Waals surface area (Å²) in [6, 6.07) is 5.06. The van der Waals surface area contributed by atoms with E-state index in [-0.39, 0.29) is 6.54 Å². The summed E-state index contributed by atoms with van der Waals surface area (Å²) >= 11 is 11.6. The highest BCUT2D eigenvalue weighted by atomic mass is 35.5.